The third-order valence-corrected chi connectivity index (χ3v) is 3.03. The van der Waals surface area contributed by atoms with Crippen molar-refractivity contribution in [2.24, 2.45) is 0 Å². The van der Waals surface area contributed by atoms with Gasteiger partial charge in [0.1, 0.15) is 5.78 Å². The molecule has 0 saturated heterocycles. The van der Waals surface area contributed by atoms with E-state index in [9.17, 15) is 9.59 Å². The van der Waals surface area contributed by atoms with Crippen LogP contribution < -0.4 is 10.6 Å². The summed E-state index contributed by atoms with van der Waals surface area (Å²) in [6.45, 7) is 9.89. The van der Waals surface area contributed by atoms with E-state index in [0.717, 1.165) is 0 Å². The van der Waals surface area contributed by atoms with E-state index in [-0.39, 0.29) is 17.9 Å². The van der Waals surface area contributed by atoms with Crippen molar-refractivity contribution in [3.05, 3.63) is 0 Å². The summed E-state index contributed by atoms with van der Waals surface area (Å²) < 4.78 is 21.2. The Balaban J connectivity index is 3.21. The predicted octanol–water partition coefficient (Wildman–Crippen LogP) is 1.13. The molecule has 8 nitrogen and oxygen atoms in total. The molecule has 0 spiro atoms. The van der Waals surface area contributed by atoms with E-state index in [1.165, 1.54) is 0 Å². The number of urea groups is 1. The van der Waals surface area contributed by atoms with E-state index in [1.807, 2.05) is 20.8 Å². The third kappa shape index (κ3) is 19.0. The van der Waals surface area contributed by atoms with Gasteiger partial charge in [0, 0.05) is 25.9 Å². The van der Waals surface area contributed by atoms with Crippen LogP contribution in [0, 0.1) is 0 Å². The molecular weight excluding hydrogens is 328 g/mol. The second-order valence-electron chi connectivity index (χ2n) is 5.58. The number of Topliss-reactive ketones (excluding diaryl/α,β-unsaturated/α-hetero) is 1. The van der Waals surface area contributed by atoms with Gasteiger partial charge >= 0.3 is 6.03 Å². The first-order chi connectivity index (χ1) is 12.1. The summed E-state index contributed by atoms with van der Waals surface area (Å²) in [5.74, 6) is 0.199. The molecule has 0 aliphatic heterocycles. The van der Waals surface area contributed by atoms with Crippen LogP contribution in [-0.4, -0.2) is 77.3 Å². The van der Waals surface area contributed by atoms with Crippen molar-refractivity contribution in [2.75, 3.05) is 59.3 Å². The number of carbonyl (C=O) groups is 2. The molecule has 0 rings (SSSR count). The molecule has 0 saturated carbocycles. The lowest BCUT2D eigenvalue weighted by atomic mass is 10.2. The van der Waals surface area contributed by atoms with E-state index >= 15 is 0 Å². The van der Waals surface area contributed by atoms with Crippen LogP contribution in [-0.2, 0) is 23.7 Å². The van der Waals surface area contributed by atoms with Gasteiger partial charge in [0.15, 0.2) is 0 Å². The van der Waals surface area contributed by atoms with Crippen molar-refractivity contribution in [3.8, 4) is 0 Å². The maximum atomic E-state index is 11.5. The van der Waals surface area contributed by atoms with Gasteiger partial charge in [-0.2, -0.15) is 0 Å². The van der Waals surface area contributed by atoms with Crippen LogP contribution >= 0.6 is 0 Å². The summed E-state index contributed by atoms with van der Waals surface area (Å²) in [5, 5.41) is 5.37. The summed E-state index contributed by atoms with van der Waals surface area (Å²) in [5.41, 5.74) is 0. The molecule has 25 heavy (non-hydrogen) atoms. The first-order valence-corrected chi connectivity index (χ1v) is 8.94. The van der Waals surface area contributed by atoms with Crippen LogP contribution in [0.15, 0.2) is 0 Å². The molecular formula is C17H34N2O6. The number of nitrogens with one attached hydrogen (secondary N) is 2. The molecule has 0 bridgehead atoms. The molecule has 2 amide bonds. The highest BCUT2D eigenvalue weighted by Gasteiger charge is 2.00. The Morgan fingerprint density at radius 1 is 0.800 bits per heavy atom. The lowest BCUT2D eigenvalue weighted by Crippen LogP contribution is -2.39. The van der Waals surface area contributed by atoms with E-state index < -0.39 is 0 Å². The highest BCUT2D eigenvalue weighted by molar-refractivity contribution is 5.78. The Morgan fingerprint density at radius 2 is 1.32 bits per heavy atom. The molecule has 0 unspecified atom stereocenters. The Morgan fingerprint density at radius 3 is 1.84 bits per heavy atom. The molecule has 8 heteroatoms. The quantitative estimate of drug-likeness (QED) is 0.377. The highest BCUT2D eigenvalue weighted by atomic mass is 16.5. The number of rotatable bonds is 17. The Hall–Kier alpha value is -1.22. The first-order valence-electron chi connectivity index (χ1n) is 8.94. The van der Waals surface area contributed by atoms with Crippen LogP contribution in [0.4, 0.5) is 4.79 Å². The Labute approximate surface area is 150 Å². The largest absolute Gasteiger partial charge is 0.379 e. The number of ether oxygens (including phenoxy) is 4. The van der Waals surface area contributed by atoms with Crippen molar-refractivity contribution in [3.63, 3.8) is 0 Å². The fourth-order valence-electron chi connectivity index (χ4n) is 1.67. The average Bonchev–Trinajstić information content (AvgIpc) is 2.58. The zero-order chi connectivity index (χ0) is 18.8. The molecule has 0 radical (unpaired) electrons. The lowest BCUT2D eigenvalue weighted by Gasteiger charge is -2.10. The monoisotopic (exact) mass is 362 g/mol. The van der Waals surface area contributed by atoms with Crippen LogP contribution in [0.25, 0.3) is 0 Å². The van der Waals surface area contributed by atoms with Crippen molar-refractivity contribution in [2.45, 2.75) is 39.7 Å². The smallest absolute Gasteiger partial charge is 0.314 e. The van der Waals surface area contributed by atoms with Gasteiger partial charge in [-0.1, -0.05) is 6.92 Å². The molecule has 0 aromatic rings. The summed E-state index contributed by atoms with van der Waals surface area (Å²) >= 11 is 0. The SMILES string of the molecule is CCC(=O)CCOCCOCCNC(=O)NCCOCCOC(C)C. The number of hydrogen-bond donors (Lipinski definition) is 2. The van der Waals surface area contributed by atoms with Crippen molar-refractivity contribution >= 4 is 11.8 Å². The fraction of sp³-hybridized carbons (Fsp3) is 0.882. The second-order valence-corrected chi connectivity index (χ2v) is 5.58. The van der Waals surface area contributed by atoms with Gasteiger partial charge in [-0.15, -0.1) is 0 Å². The summed E-state index contributed by atoms with van der Waals surface area (Å²) in [4.78, 5) is 22.5. The van der Waals surface area contributed by atoms with Gasteiger partial charge in [-0.05, 0) is 13.8 Å². The molecule has 0 atom stereocenters. The minimum absolute atomic E-state index is 0.199. The van der Waals surface area contributed by atoms with Gasteiger partial charge < -0.3 is 29.6 Å². The zero-order valence-corrected chi connectivity index (χ0v) is 15.8. The predicted molar refractivity (Wildman–Crippen MR) is 94.9 cm³/mol. The van der Waals surface area contributed by atoms with Gasteiger partial charge in [0.05, 0.1) is 52.4 Å². The normalized spacial score (nSPS) is 10.9. The molecule has 0 heterocycles. The van der Waals surface area contributed by atoms with Crippen LogP contribution in [0.5, 0.6) is 0 Å². The molecule has 148 valence electrons. The van der Waals surface area contributed by atoms with Crippen LogP contribution in [0.3, 0.4) is 0 Å². The van der Waals surface area contributed by atoms with E-state index in [1.54, 1.807) is 0 Å². The van der Waals surface area contributed by atoms with Crippen molar-refractivity contribution < 1.29 is 28.5 Å². The fourth-order valence-corrected chi connectivity index (χ4v) is 1.67. The van der Waals surface area contributed by atoms with Crippen LogP contribution in [0.1, 0.15) is 33.6 Å². The van der Waals surface area contributed by atoms with E-state index in [2.05, 4.69) is 10.6 Å². The number of hydrogen-bond acceptors (Lipinski definition) is 6. The first kappa shape index (κ1) is 23.8. The summed E-state index contributed by atoms with van der Waals surface area (Å²) in [6.07, 6.45) is 1.20. The zero-order valence-electron chi connectivity index (χ0n) is 15.8. The maximum absolute atomic E-state index is 11.5. The van der Waals surface area contributed by atoms with Gasteiger partial charge in [0.25, 0.3) is 0 Å². The topological polar surface area (TPSA) is 95.1 Å². The average molecular weight is 362 g/mol. The minimum atomic E-state index is -0.250. The Bertz CT molecular complexity index is 339. The maximum Gasteiger partial charge on any atom is 0.314 e. The highest BCUT2D eigenvalue weighted by Crippen LogP contribution is 1.90. The molecule has 0 aromatic heterocycles. The number of ketones is 1. The van der Waals surface area contributed by atoms with E-state index in [4.69, 9.17) is 18.9 Å². The molecule has 2 N–H and O–H groups in total. The van der Waals surface area contributed by atoms with Gasteiger partial charge in [0.2, 0.25) is 0 Å². The number of carbonyl (C=O) groups excluding carboxylic acids is 2. The summed E-state index contributed by atoms with van der Waals surface area (Å²) in [7, 11) is 0. The van der Waals surface area contributed by atoms with Gasteiger partial charge in [-0.3, -0.25) is 4.79 Å². The number of amides is 2. The standard InChI is InChI=1S/C17H34N2O6/c1-4-16(20)5-8-22-11-12-23-9-6-18-17(21)19-7-10-24-13-14-25-15(2)3/h15H,4-14H2,1-3H3,(H2,18,19,21). The van der Waals surface area contributed by atoms with Crippen molar-refractivity contribution in [1.29, 1.82) is 0 Å². The Kier molecular flexibility index (Phi) is 16.7. The van der Waals surface area contributed by atoms with Crippen molar-refractivity contribution in [1.82, 2.24) is 10.6 Å². The third-order valence-electron chi connectivity index (χ3n) is 3.03. The second kappa shape index (κ2) is 17.6. The van der Waals surface area contributed by atoms with Gasteiger partial charge in [-0.25, -0.2) is 4.79 Å². The molecule has 0 aromatic carbocycles. The summed E-state index contributed by atoms with van der Waals surface area (Å²) in [6, 6.07) is -0.250. The lowest BCUT2D eigenvalue weighted by molar-refractivity contribution is -0.119. The molecule has 0 aliphatic carbocycles. The van der Waals surface area contributed by atoms with Crippen LogP contribution in [0.2, 0.25) is 0 Å². The minimum Gasteiger partial charge on any atom is -0.379 e. The molecule has 0 aliphatic rings. The van der Waals surface area contributed by atoms with E-state index in [0.29, 0.717) is 72.2 Å². The molecule has 0 fully saturated rings.